The van der Waals surface area contributed by atoms with Gasteiger partial charge in [0.15, 0.2) is 12.4 Å². The molecule has 0 aliphatic heterocycles. The van der Waals surface area contributed by atoms with Crippen LogP contribution >= 0.6 is 0 Å². The number of fused-ring (bicyclic) bond motifs is 1. The first kappa shape index (κ1) is 18.6. The van der Waals surface area contributed by atoms with Gasteiger partial charge in [0.25, 0.3) is 0 Å². The van der Waals surface area contributed by atoms with Gasteiger partial charge in [-0.2, -0.15) is 0 Å². The number of aromatic amines is 1. The second-order valence-electron chi connectivity index (χ2n) is 7.56. The van der Waals surface area contributed by atoms with Crippen LogP contribution in [0.4, 0.5) is 11.6 Å². The number of benzene rings is 2. The second kappa shape index (κ2) is 7.23. The van der Waals surface area contributed by atoms with Gasteiger partial charge in [-0.3, -0.25) is 4.79 Å². The molecule has 1 amide bonds. The van der Waals surface area contributed by atoms with Crippen molar-refractivity contribution in [2.45, 2.75) is 33.1 Å². The third kappa shape index (κ3) is 4.16. The summed E-state index contributed by atoms with van der Waals surface area (Å²) in [5.74, 6) is 1.18. The molecule has 1 aromatic heterocycles. The van der Waals surface area contributed by atoms with Gasteiger partial charge in [-0.05, 0) is 24.0 Å². The summed E-state index contributed by atoms with van der Waals surface area (Å²) in [7, 11) is 0. The molecule has 27 heavy (non-hydrogen) atoms. The number of nitrogens with zero attached hydrogens (tertiary/aromatic N) is 2. The largest absolute Gasteiger partial charge is 0.483 e. The molecular weight excluding hydrogens is 340 g/mol. The zero-order valence-electron chi connectivity index (χ0n) is 16.0. The number of azo groups is 1. The minimum absolute atomic E-state index is 0.0907. The van der Waals surface area contributed by atoms with E-state index < -0.39 is 5.91 Å². The van der Waals surface area contributed by atoms with Crippen LogP contribution in [0, 0.1) is 6.92 Å². The molecule has 3 N–H and O–H groups in total. The summed E-state index contributed by atoms with van der Waals surface area (Å²) >= 11 is 0. The number of nitrogen functional groups attached to an aromatic ring is 1. The van der Waals surface area contributed by atoms with E-state index >= 15 is 0 Å². The summed E-state index contributed by atoms with van der Waals surface area (Å²) in [5, 5.41) is 9.44. The minimum atomic E-state index is -0.465. The molecule has 0 aliphatic carbocycles. The number of H-pyrrole nitrogens is 1. The van der Waals surface area contributed by atoms with Crippen molar-refractivity contribution in [1.82, 2.24) is 4.98 Å². The van der Waals surface area contributed by atoms with Gasteiger partial charge < -0.3 is 15.5 Å². The quantitative estimate of drug-likeness (QED) is 0.635. The van der Waals surface area contributed by atoms with Gasteiger partial charge in [0.05, 0.1) is 0 Å². The molecule has 0 bridgehead atoms. The van der Waals surface area contributed by atoms with E-state index in [0.717, 1.165) is 21.9 Å². The van der Waals surface area contributed by atoms with Crippen LogP contribution in [0.15, 0.2) is 52.7 Å². The van der Waals surface area contributed by atoms with Crippen LogP contribution in [0.2, 0.25) is 0 Å². The number of nitrogens with two attached hydrogens (primary N) is 1. The maximum atomic E-state index is 12.1. The summed E-state index contributed by atoms with van der Waals surface area (Å²) in [6.07, 6.45) is 0. The monoisotopic (exact) mass is 364 g/mol. The first-order valence-electron chi connectivity index (χ1n) is 8.80. The Kier molecular flexibility index (Phi) is 4.99. The molecule has 0 atom stereocenters. The molecule has 2 aromatic carbocycles. The molecular formula is C21H24N4O2. The predicted octanol–water partition coefficient (Wildman–Crippen LogP) is 5.05. The Morgan fingerprint density at radius 1 is 1.15 bits per heavy atom. The van der Waals surface area contributed by atoms with E-state index in [1.165, 1.54) is 0 Å². The maximum Gasteiger partial charge on any atom is 0.302 e. The van der Waals surface area contributed by atoms with E-state index in [1.807, 2.05) is 43.3 Å². The van der Waals surface area contributed by atoms with E-state index in [-0.39, 0.29) is 12.0 Å². The van der Waals surface area contributed by atoms with Gasteiger partial charge in [0.1, 0.15) is 11.6 Å². The number of nitrogens with one attached hydrogen (secondary N) is 1. The van der Waals surface area contributed by atoms with Gasteiger partial charge in [0, 0.05) is 10.8 Å². The van der Waals surface area contributed by atoms with E-state index in [2.05, 4.69) is 42.1 Å². The number of aromatic nitrogens is 1. The Balaban J connectivity index is 1.73. The average Bonchev–Trinajstić information content (AvgIpc) is 2.94. The summed E-state index contributed by atoms with van der Waals surface area (Å²) in [4.78, 5) is 15.1. The van der Waals surface area contributed by atoms with Crippen molar-refractivity contribution in [3.63, 3.8) is 0 Å². The Morgan fingerprint density at radius 3 is 2.56 bits per heavy atom. The fourth-order valence-electron chi connectivity index (χ4n) is 2.90. The van der Waals surface area contributed by atoms with Crippen LogP contribution < -0.4 is 10.5 Å². The van der Waals surface area contributed by atoms with Crippen molar-refractivity contribution >= 4 is 28.3 Å². The molecule has 140 valence electrons. The van der Waals surface area contributed by atoms with Crippen molar-refractivity contribution < 1.29 is 9.53 Å². The standard InChI is InChI=1S/C21H24N4O2/c1-13-9-10-17(16(11-13)21(2,3)4)27-12-18(26)24-25-20-15-8-6-5-7-14(15)19(22)23-20/h5-11,23H,12,22H2,1-4H3. The molecule has 3 aromatic rings. The van der Waals surface area contributed by atoms with Crippen LogP contribution in [-0.2, 0) is 10.2 Å². The lowest BCUT2D eigenvalue weighted by Crippen LogP contribution is -2.16. The molecule has 6 nitrogen and oxygen atoms in total. The van der Waals surface area contributed by atoms with E-state index in [1.54, 1.807) is 0 Å². The lowest BCUT2D eigenvalue weighted by atomic mass is 9.85. The van der Waals surface area contributed by atoms with Crippen LogP contribution in [0.3, 0.4) is 0 Å². The van der Waals surface area contributed by atoms with Crippen LogP contribution in [0.1, 0.15) is 31.9 Å². The molecule has 0 fully saturated rings. The highest BCUT2D eigenvalue weighted by molar-refractivity contribution is 5.99. The van der Waals surface area contributed by atoms with Crippen molar-refractivity contribution in [3.8, 4) is 5.75 Å². The third-order valence-electron chi connectivity index (χ3n) is 4.28. The number of carbonyl (C=O) groups is 1. The average molecular weight is 364 g/mol. The Labute approximate surface area is 158 Å². The molecule has 0 spiro atoms. The molecule has 0 aliphatic rings. The van der Waals surface area contributed by atoms with Crippen LogP contribution in [0.25, 0.3) is 10.8 Å². The molecule has 1 heterocycles. The van der Waals surface area contributed by atoms with E-state index in [0.29, 0.717) is 17.4 Å². The summed E-state index contributed by atoms with van der Waals surface area (Å²) in [6, 6.07) is 13.5. The number of anilines is 1. The number of hydrogen-bond acceptors (Lipinski definition) is 4. The van der Waals surface area contributed by atoms with Crippen molar-refractivity contribution in [1.29, 1.82) is 0 Å². The van der Waals surface area contributed by atoms with E-state index in [4.69, 9.17) is 10.5 Å². The molecule has 0 saturated carbocycles. The van der Waals surface area contributed by atoms with Gasteiger partial charge >= 0.3 is 5.91 Å². The Morgan fingerprint density at radius 2 is 1.85 bits per heavy atom. The van der Waals surface area contributed by atoms with E-state index in [9.17, 15) is 4.79 Å². The van der Waals surface area contributed by atoms with Gasteiger partial charge in [-0.25, -0.2) is 0 Å². The lowest BCUT2D eigenvalue weighted by molar-refractivity contribution is -0.120. The third-order valence-corrected chi connectivity index (χ3v) is 4.28. The maximum absolute atomic E-state index is 12.1. The fourth-order valence-corrected chi connectivity index (χ4v) is 2.90. The smallest absolute Gasteiger partial charge is 0.302 e. The topological polar surface area (TPSA) is 92.8 Å². The first-order valence-corrected chi connectivity index (χ1v) is 8.80. The number of rotatable bonds is 4. The summed E-state index contributed by atoms with van der Waals surface area (Å²) < 4.78 is 5.72. The molecule has 3 rings (SSSR count). The SMILES string of the molecule is Cc1ccc(OCC(=O)N=Nc2[nH]c(N)c3ccccc23)c(C(C)(C)C)c1. The van der Waals surface area contributed by atoms with Crippen molar-refractivity contribution in [2.75, 3.05) is 12.3 Å². The van der Waals surface area contributed by atoms with Crippen molar-refractivity contribution in [2.24, 2.45) is 10.2 Å². The number of carbonyl (C=O) groups excluding carboxylic acids is 1. The Bertz CT molecular complexity index is 1010. The van der Waals surface area contributed by atoms with Crippen molar-refractivity contribution in [3.05, 3.63) is 53.6 Å². The first-order chi connectivity index (χ1) is 12.8. The lowest BCUT2D eigenvalue weighted by Gasteiger charge is -2.23. The summed E-state index contributed by atoms with van der Waals surface area (Å²) in [5.41, 5.74) is 8.03. The number of hydrogen-bond donors (Lipinski definition) is 2. The van der Waals surface area contributed by atoms with Gasteiger partial charge in [0.2, 0.25) is 0 Å². The Hall–Kier alpha value is -3.15. The highest BCUT2D eigenvalue weighted by atomic mass is 16.5. The fraction of sp³-hybridized carbons (Fsp3) is 0.286. The zero-order valence-corrected chi connectivity index (χ0v) is 16.0. The number of aryl methyl sites for hydroxylation is 1. The normalized spacial score (nSPS) is 12.0. The second-order valence-corrected chi connectivity index (χ2v) is 7.56. The minimum Gasteiger partial charge on any atom is -0.483 e. The molecule has 0 saturated heterocycles. The highest BCUT2D eigenvalue weighted by Gasteiger charge is 2.19. The predicted molar refractivity (Wildman–Crippen MR) is 108 cm³/mol. The molecule has 0 radical (unpaired) electrons. The van der Waals surface area contributed by atoms with Gasteiger partial charge in [-0.15, -0.1) is 10.2 Å². The zero-order chi connectivity index (χ0) is 19.6. The molecule has 0 unspecified atom stereocenters. The van der Waals surface area contributed by atoms with Crippen LogP contribution in [-0.4, -0.2) is 17.5 Å². The van der Waals surface area contributed by atoms with Gasteiger partial charge in [-0.1, -0.05) is 62.7 Å². The van der Waals surface area contributed by atoms with Crippen LogP contribution in [0.5, 0.6) is 5.75 Å². The number of ether oxygens (including phenoxy) is 1. The highest BCUT2D eigenvalue weighted by Crippen LogP contribution is 2.32. The number of amides is 1. The molecule has 6 heteroatoms. The summed E-state index contributed by atoms with van der Waals surface area (Å²) in [6.45, 7) is 8.18.